The number of hydrogen-bond acceptors (Lipinski definition) is 3. The maximum absolute atomic E-state index is 13.3. The predicted octanol–water partition coefficient (Wildman–Crippen LogP) is 4.97. The SMILES string of the molecule is O=S(=O)(Nc1nn(Cc2ccc(Cl)cc2Cl)cc1Cl)c1ccc(F)c(F)c1. The van der Waals surface area contributed by atoms with Crippen LogP contribution in [0.5, 0.6) is 0 Å². The summed E-state index contributed by atoms with van der Waals surface area (Å²) in [5, 5.41) is 4.96. The van der Waals surface area contributed by atoms with Gasteiger partial charge in [-0.15, -0.1) is 0 Å². The van der Waals surface area contributed by atoms with Crippen molar-refractivity contribution in [2.24, 2.45) is 0 Å². The topological polar surface area (TPSA) is 64.0 Å². The summed E-state index contributed by atoms with van der Waals surface area (Å²) in [6, 6.07) is 7.13. The van der Waals surface area contributed by atoms with Crippen molar-refractivity contribution in [3.8, 4) is 0 Å². The lowest BCUT2D eigenvalue weighted by molar-refractivity contribution is 0.504. The summed E-state index contributed by atoms with van der Waals surface area (Å²) in [4.78, 5) is -0.465. The molecule has 0 bridgehead atoms. The van der Waals surface area contributed by atoms with Gasteiger partial charge in [0.05, 0.1) is 11.4 Å². The summed E-state index contributed by atoms with van der Waals surface area (Å²) in [6.07, 6.45) is 1.40. The monoisotopic (exact) mass is 451 g/mol. The molecule has 0 atom stereocenters. The van der Waals surface area contributed by atoms with E-state index in [1.165, 1.54) is 10.9 Å². The molecule has 142 valence electrons. The fourth-order valence-corrected chi connectivity index (χ4v) is 3.95. The number of hydrogen-bond donors (Lipinski definition) is 1. The number of rotatable bonds is 5. The van der Waals surface area contributed by atoms with Gasteiger partial charge >= 0.3 is 0 Å². The molecule has 2 aromatic carbocycles. The molecular formula is C16H10Cl3F2N3O2S. The lowest BCUT2D eigenvalue weighted by atomic mass is 10.2. The van der Waals surface area contributed by atoms with Gasteiger partial charge in [0.15, 0.2) is 17.5 Å². The minimum atomic E-state index is -4.21. The van der Waals surface area contributed by atoms with E-state index in [0.717, 1.165) is 6.07 Å². The molecule has 0 aliphatic heterocycles. The van der Waals surface area contributed by atoms with Crippen molar-refractivity contribution in [3.63, 3.8) is 0 Å². The van der Waals surface area contributed by atoms with Crippen molar-refractivity contribution in [3.05, 3.63) is 74.9 Å². The summed E-state index contributed by atoms with van der Waals surface area (Å²) >= 11 is 18.0. The highest BCUT2D eigenvalue weighted by Gasteiger charge is 2.20. The van der Waals surface area contributed by atoms with Crippen molar-refractivity contribution in [1.29, 1.82) is 0 Å². The molecule has 3 rings (SSSR count). The molecular weight excluding hydrogens is 443 g/mol. The summed E-state index contributed by atoms with van der Waals surface area (Å²) < 4.78 is 54.5. The van der Waals surface area contributed by atoms with Crippen LogP contribution in [0.1, 0.15) is 5.56 Å². The van der Waals surface area contributed by atoms with Crippen LogP contribution in [0.25, 0.3) is 0 Å². The Morgan fingerprint density at radius 1 is 1.00 bits per heavy atom. The Labute approximate surface area is 168 Å². The predicted molar refractivity (Wildman–Crippen MR) is 100.0 cm³/mol. The van der Waals surface area contributed by atoms with E-state index in [-0.39, 0.29) is 17.4 Å². The zero-order chi connectivity index (χ0) is 19.8. The first kappa shape index (κ1) is 19.9. The Hall–Kier alpha value is -1.87. The molecule has 0 radical (unpaired) electrons. The normalized spacial score (nSPS) is 11.6. The Balaban J connectivity index is 1.84. The third-order valence-electron chi connectivity index (χ3n) is 3.50. The van der Waals surface area contributed by atoms with Crippen LogP contribution in [0.15, 0.2) is 47.5 Å². The number of aromatic nitrogens is 2. The van der Waals surface area contributed by atoms with Gasteiger partial charge in [0.25, 0.3) is 10.0 Å². The van der Waals surface area contributed by atoms with E-state index >= 15 is 0 Å². The van der Waals surface area contributed by atoms with Crippen LogP contribution in [0.4, 0.5) is 14.6 Å². The lowest BCUT2D eigenvalue weighted by Crippen LogP contribution is -2.14. The van der Waals surface area contributed by atoms with Gasteiger partial charge < -0.3 is 0 Å². The molecule has 11 heteroatoms. The molecule has 1 aromatic heterocycles. The van der Waals surface area contributed by atoms with Gasteiger partial charge in [0.1, 0.15) is 5.02 Å². The minimum Gasteiger partial charge on any atom is -0.265 e. The summed E-state index contributed by atoms with van der Waals surface area (Å²) in [5.41, 5.74) is 0.690. The van der Waals surface area contributed by atoms with Crippen LogP contribution in [0.2, 0.25) is 15.1 Å². The Kier molecular flexibility index (Phi) is 5.62. The third-order valence-corrected chi connectivity index (χ3v) is 5.70. The van der Waals surface area contributed by atoms with Crippen LogP contribution < -0.4 is 4.72 Å². The fourth-order valence-electron chi connectivity index (χ4n) is 2.20. The Bertz CT molecular complexity index is 1120. The molecule has 0 unspecified atom stereocenters. The van der Waals surface area contributed by atoms with Crippen molar-refractivity contribution < 1.29 is 17.2 Å². The van der Waals surface area contributed by atoms with Crippen molar-refractivity contribution in [1.82, 2.24) is 9.78 Å². The molecule has 0 fully saturated rings. The highest BCUT2D eigenvalue weighted by atomic mass is 35.5. The second-order valence-electron chi connectivity index (χ2n) is 5.44. The van der Waals surface area contributed by atoms with Gasteiger partial charge in [0.2, 0.25) is 0 Å². The minimum absolute atomic E-state index is 0.0197. The molecule has 5 nitrogen and oxygen atoms in total. The summed E-state index contributed by atoms with van der Waals surface area (Å²) in [7, 11) is -4.21. The van der Waals surface area contributed by atoms with Gasteiger partial charge in [-0.2, -0.15) is 5.10 Å². The van der Waals surface area contributed by atoms with Crippen LogP contribution in [0.3, 0.4) is 0 Å². The lowest BCUT2D eigenvalue weighted by Gasteiger charge is -2.07. The first-order chi connectivity index (χ1) is 12.7. The zero-order valence-corrected chi connectivity index (χ0v) is 16.3. The van der Waals surface area contributed by atoms with Crippen molar-refractivity contribution in [2.45, 2.75) is 11.4 Å². The van der Waals surface area contributed by atoms with E-state index in [4.69, 9.17) is 34.8 Å². The van der Waals surface area contributed by atoms with E-state index in [2.05, 4.69) is 9.82 Å². The maximum Gasteiger partial charge on any atom is 0.263 e. The molecule has 1 heterocycles. The van der Waals surface area contributed by atoms with Crippen molar-refractivity contribution in [2.75, 3.05) is 4.72 Å². The largest absolute Gasteiger partial charge is 0.265 e. The average Bonchev–Trinajstić information content (AvgIpc) is 2.91. The highest BCUT2D eigenvalue weighted by molar-refractivity contribution is 7.92. The quantitative estimate of drug-likeness (QED) is 0.594. The molecule has 0 saturated heterocycles. The van der Waals surface area contributed by atoms with Crippen LogP contribution >= 0.6 is 34.8 Å². The molecule has 0 saturated carbocycles. The third kappa shape index (κ3) is 4.52. The maximum atomic E-state index is 13.3. The second-order valence-corrected chi connectivity index (χ2v) is 8.37. The highest BCUT2D eigenvalue weighted by Crippen LogP contribution is 2.26. The average molecular weight is 453 g/mol. The standard InChI is InChI=1S/C16H10Cl3F2N3O2S/c17-10-2-1-9(12(18)5-10)7-24-8-13(19)16(22-24)23-27(25,26)11-3-4-14(20)15(21)6-11/h1-6,8H,7H2,(H,22,23). The Morgan fingerprint density at radius 2 is 1.74 bits per heavy atom. The van der Waals surface area contributed by atoms with E-state index in [1.807, 2.05) is 0 Å². The molecule has 0 aliphatic rings. The number of halogens is 5. The zero-order valence-electron chi connectivity index (χ0n) is 13.3. The van der Waals surface area contributed by atoms with Gasteiger partial charge in [-0.05, 0) is 35.9 Å². The first-order valence-corrected chi connectivity index (χ1v) is 9.92. The Morgan fingerprint density at radius 3 is 2.41 bits per heavy atom. The van der Waals surface area contributed by atoms with Crippen LogP contribution in [-0.4, -0.2) is 18.2 Å². The smallest absolute Gasteiger partial charge is 0.263 e. The number of benzene rings is 2. The summed E-state index contributed by atoms with van der Waals surface area (Å²) in [6.45, 7) is 0.211. The van der Waals surface area contributed by atoms with Gasteiger partial charge in [-0.25, -0.2) is 17.2 Å². The van der Waals surface area contributed by atoms with Gasteiger partial charge in [-0.3, -0.25) is 9.40 Å². The van der Waals surface area contributed by atoms with Gasteiger partial charge in [-0.1, -0.05) is 40.9 Å². The van der Waals surface area contributed by atoms with Gasteiger partial charge in [0, 0.05) is 16.2 Å². The van der Waals surface area contributed by atoms with E-state index < -0.39 is 26.6 Å². The molecule has 0 amide bonds. The molecule has 27 heavy (non-hydrogen) atoms. The number of nitrogens with zero attached hydrogens (tertiary/aromatic N) is 2. The van der Waals surface area contributed by atoms with E-state index in [1.54, 1.807) is 18.2 Å². The van der Waals surface area contributed by atoms with Crippen LogP contribution in [0, 0.1) is 11.6 Å². The van der Waals surface area contributed by atoms with E-state index in [9.17, 15) is 17.2 Å². The molecule has 0 aliphatic carbocycles. The summed E-state index contributed by atoms with van der Waals surface area (Å²) in [5.74, 6) is -2.60. The number of anilines is 1. The van der Waals surface area contributed by atoms with E-state index in [0.29, 0.717) is 27.7 Å². The molecule has 3 aromatic rings. The number of nitrogens with one attached hydrogen (secondary N) is 1. The second kappa shape index (κ2) is 7.63. The fraction of sp³-hybridized carbons (Fsp3) is 0.0625. The van der Waals surface area contributed by atoms with Crippen LogP contribution in [-0.2, 0) is 16.6 Å². The first-order valence-electron chi connectivity index (χ1n) is 7.30. The molecule has 0 spiro atoms. The number of sulfonamides is 1. The molecule has 1 N–H and O–H groups in total. The van der Waals surface area contributed by atoms with Crippen molar-refractivity contribution >= 4 is 50.6 Å².